The van der Waals surface area contributed by atoms with Crippen molar-refractivity contribution in [3.05, 3.63) is 60.2 Å². The second kappa shape index (κ2) is 8.96. The largest absolute Gasteiger partial charge is 0.326 e. The number of benzene rings is 2. The van der Waals surface area contributed by atoms with E-state index in [0.717, 1.165) is 30.7 Å². The van der Waals surface area contributed by atoms with Gasteiger partial charge < -0.3 is 15.2 Å². The van der Waals surface area contributed by atoms with Crippen LogP contribution in [-0.4, -0.2) is 63.9 Å². The summed E-state index contributed by atoms with van der Waals surface area (Å²) < 4.78 is 0. The molecular formula is C22H26N6O2. The number of anilines is 1. The number of nitrogens with zero attached hydrogens (tertiary/aromatic N) is 3. The van der Waals surface area contributed by atoms with Gasteiger partial charge in [0, 0.05) is 32.7 Å². The number of aromatic amines is 1. The van der Waals surface area contributed by atoms with Gasteiger partial charge >= 0.3 is 6.03 Å². The molecule has 1 atom stereocenters. The number of fused-ring (bicyclic) bond motifs is 1. The van der Waals surface area contributed by atoms with Crippen LogP contribution in [0.1, 0.15) is 12.5 Å². The van der Waals surface area contributed by atoms with E-state index in [1.54, 1.807) is 11.8 Å². The molecule has 0 aliphatic carbocycles. The maximum Gasteiger partial charge on any atom is 0.318 e. The van der Waals surface area contributed by atoms with Gasteiger partial charge in [-0.15, -0.1) is 0 Å². The Morgan fingerprint density at radius 1 is 1.03 bits per heavy atom. The van der Waals surface area contributed by atoms with Crippen LogP contribution in [0.3, 0.4) is 0 Å². The molecule has 3 N–H and O–H groups in total. The molecule has 2 heterocycles. The van der Waals surface area contributed by atoms with Gasteiger partial charge in [-0.05, 0) is 24.6 Å². The molecule has 3 aromatic rings. The fourth-order valence-electron chi connectivity index (χ4n) is 3.53. The van der Waals surface area contributed by atoms with Gasteiger partial charge in [-0.25, -0.2) is 9.78 Å². The lowest BCUT2D eigenvalue weighted by Crippen LogP contribution is -2.54. The molecule has 1 aromatic heterocycles. The van der Waals surface area contributed by atoms with Crippen molar-refractivity contribution < 1.29 is 9.59 Å². The molecule has 0 radical (unpaired) electrons. The molecule has 2 aromatic carbocycles. The summed E-state index contributed by atoms with van der Waals surface area (Å²) in [6.45, 7) is 5.44. The van der Waals surface area contributed by atoms with Crippen molar-refractivity contribution in [1.29, 1.82) is 0 Å². The Bertz CT molecular complexity index is 978. The lowest BCUT2D eigenvalue weighted by atomic mass is 10.2. The second-order valence-corrected chi connectivity index (χ2v) is 7.51. The fourth-order valence-corrected chi connectivity index (χ4v) is 3.53. The number of carbonyl (C=O) groups is 2. The quantitative estimate of drug-likeness (QED) is 0.607. The Balaban J connectivity index is 1.24. The van der Waals surface area contributed by atoms with Gasteiger partial charge in [0.05, 0.1) is 11.0 Å². The van der Waals surface area contributed by atoms with Crippen LogP contribution in [0.15, 0.2) is 54.6 Å². The average molecular weight is 406 g/mol. The van der Waals surface area contributed by atoms with Gasteiger partial charge in [0.15, 0.2) is 0 Å². The van der Waals surface area contributed by atoms with E-state index >= 15 is 0 Å². The van der Waals surface area contributed by atoms with Gasteiger partial charge in [-0.1, -0.05) is 42.5 Å². The Morgan fingerprint density at radius 2 is 1.73 bits per heavy atom. The summed E-state index contributed by atoms with van der Waals surface area (Å²) in [5, 5.41) is 5.51. The summed E-state index contributed by atoms with van der Waals surface area (Å²) in [4.78, 5) is 36.5. The zero-order valence-corrected chi connectivity index (χ0v) is 17.0. The molecule has 1 saturated heterocycles. The van der Waals surface area contributed by atoms with Crippen LogP contribution in [-0.2, 0) is 11.3 Å². The van der Waals surface area contributed by atoms with Crippen LogP contribution in [0, 0.1) is 0 Å². The van der Waals surface area contributed by atoms with E-state index < -0.39 is 6.04 Å². The molecule has 0 saturated carbocycles. The monoisotopic (exact) mass is 406 g/mol. The van der Waals surface area contributed by atoms with Crippen molar-refractivity contribution in [3.8, 4) is 0 Å². The Labute approximate surface area is 175 Å². The van der Waals surface area contributed by atoms with Crippen LogP contribution >= 0.6 is 0 Å². The van der Waals surface area contributed by atoms with Gasteiger partial charge in [-0.3, -0.25) is 15.0 Å². The van der Waals surface area contributed by atoms with E-state index in [2.05, 4.69) is 37.6 Å². The molecule has 0 spiro atoms. The summed E-state index contributed by atoms with van der Waals surface area (Å²) in [7, 11) is 0. The summed E-state index contributed by atoms with van der Waals surface area (Å²) in [6, 6.07) is 17.0. The van der Waals surface area contributed by atoms with Crippen molar-refractivity contribution in [2.45, 2.75) is 19.5 Å². The number of imidazole rings is 1. The standard InChI is InChI=1S/C22H26N6O2/c1-16(20(29)26-21-24-18-9-5-6-10-19(18)25-21)23-22(30)28-13-11-27(12-14-28)15-17-7-3-2-4-8-17/h2-10,16H,11-15H2,1H3,(H,23,30)(H2,24,25,26,29)/t16-/m1/s1. The molecule has 3 amide bonds. The maximum absolute atomic E-state index is 12.6. The smallest absolute Gasteiger partial charge is 0.318 e. The first-order chi connectivity index (χ1) is 14.6. The number of nitrogens with one attached hydrogen (secondary N) is 3. The third kappa shape index (κ3) is 4.77. The number of hydrogen-bond acceptors (Lipinski definition) is 4. The number of aromatic nitrogens is 2. The van der Waals surface area contributed by atoms with Crippen molar-refractivity contribution in [2.75, 3.05) is 31.5 Å². The Kier molecular flexibility index (Phi) is 5.94. The van der Waals surface area contributed by atoms with E-state index in [1.807, 2.05) is 42.5 Å². The number of carbonyl (C=O) groups excluding carboxylic acids is 2. The highest BCUT2D eigenvalue weighted by Gasteiger charge is 2.24. The summed E-state index contributed by atoms with van der Waals surface area (Å²) in [6.07, 6.45) is 0. The third-order valence-corrected chi connectivity index (χ3v) is 5.27. The lowest BCUT2D eigenvalue weighted by Gasteiger charge is -2.35. The maximum atomic E-state index is 12.6. The predicted molar refractivity (Wildman–Crippen MR) is 116 cm³/mol. The first kappa shape index (κ1) is 19.9. The highest BCUT2D eigenvalue weighted by atomic mass is 16.2. The van der Waals surface area contributed by atoms with Gasteiger partial charge in [0.1, 0.15) is 6.04 Å². The van der Waals surface area contributed by atoms with Crippen molar-refractivity contribution in [3.63, 3.8) is 0 Å². The summed E-state index contributed by atoms with van der Waals surface area (Å²) in [5.74, 6) is 0.0574. The normalized spacial score (nSPS) is 15.7. The van der Waals surface area contributed by atoms with Crippen LogP contribution in [0.25, 0.3) is 11.0 Å². The zero-order chi connectivity index (χ0) is 20.9. The molecule has 30 heavy (non-hydrogen) atoms. The SMILES string of the molecule is C[C@@H](NC(=O)N1CCN(Cc2ccccc2)CC1)C(=O)Nc1nc2ccccc2[nH]1. The number of rotatable bonds is 5. The number of amides is 3. The lowest BCUT2D eigenvalue weighted by molar-refractivity contribution is -0.117. The van der Waals surface area contributed by atoms with Crippen molar-refractivity contribution in [1.82, 2.24) is 25.1 Å². The van der Waals surface area contributed by atoms with Gasteiger partial charge in [0.2, 0.25) is 11.9 Å². The molecule has 4 rings (SSSR count). The first-order valence-electron chi connectivity index (χ1n) is 10.2. The minimum absolute atomic E-state index is 0.221. The van der Waals surface area contributed by atoms with Crippen LogP contribution in [0.5, 0.6) is 0 Å². The molecule has 1 fully saturated rings. The fraction of sp³-hybridized carbons (Fsp3) is 0.318. The summed E-state index contributed by atoms with van der Waals surface area (Å²) >= 11 is 0. The molecule has 1 aliphatic rings. The topological polar surface area (TPSA) is 93.4 Å². The molecule has 8 heteroatoms. The molecule has 0 unspecified atom stereocenters. The van der Waals surface area contributed by atoms with Crippen LogP contribution in [0.2, 0.25) is 0 Å². The minimum Gasteiger partial charge on any atom is -0.326 e. The van der Waals surface area contributed by atoms with Gasteiger partial charge in [0.25, 0.3) is 0 Å². The first-order valence-corrected chi connectivity index (χ1v) is 10.2. The zero-order valence-electron chi connectivity index (χ0n) is 17.0. The second-order valence-electron chi connectivity index (χ2n) is 7.51. The Hall–Kier alpha value is -3.39. The predicted octanol–water partition coefficient (Wildman–Crippen LogP) is 2.42. The van der Waals surface area contributed by atoms with Crippen molar-refractivity contribution >= 4 is 28.9 Å². The highest BCUT2D eigenvalue weighted by Crippen LogP contribution is 2.13. The number of piperazine rings is 1. The number of H-pyrrole nitrogens is 1. The number of hydrogen-bond donors (Lipinski definition) is 3. The van der Waals surface area contributed by atoms with E-state index in [0.29, 0.717) is 19.0 Å². The van der Waals surface area contributed by atoms with E-state index in [9.17, 15) is 9.59 Å². The van der Waals surface area contributed by atoms with Crippen molar-refractivity contribution in [2.24, 2.45) is 0 Å². The summed E-state index contributed by atoms with van der Waals surface area (Å²) in [5.41, 5.74) is 2.89. The minimum atomic E-state index is -0.673. The highest BCUT2D eigenvalue weighted by molar-refractivity contribution is 5.96. The van der Waals surface area contributed by atoms with Crippen LogP contribution < -0.4 is 10.6 Å². The van der Waals surface area contributed by atoms with Crippen LogP contribution in [0.4, 0.5) is 10.7 Å². The molecule has 0 bridgehead atoms. The van der Waals surface area contributed by atoms with E-state index in [1.165, 1.54) is 5.56 Å². The molecule has 1 aliphatic heterocycles. The average Bonchev–Trinajstić information content (AvgIpc) is 3.17. The third-order valence-electron chi connectivity index (χ3n) is 5.27. The van der Waals surface area contributed by atoms with E-state index in [-0.39, 0.29) is 11.9 Å². The van der Waals surface area contributed by atoms with E-state index in [4.69, 9.17) is 0 Å². The molecule has 8 nitrogen and oxygen atoms in total. The number of urea groups is 1. The number of para-hydroxylation sites is 2. The molecule has 156 valence electrons. The van der Waals surface area contributed by atoms with Gasteiger partial charge in [-0.2, -0.15) is 0 Å². The Morgan fingerprint density at radius 3 is 2.47 bits per heavy atom. The molecular weight excluding hydrogens is 380 g/mol.